The molecule has 0 saturated carbocycles. The molecular formula is C23H29B. The molecule has 124 valence electrons. The third-order valence-electron chi connectivity index (χ3n) is 5.77. The average Bonchev–Trinajstić information content (AvgIpc) is 2.65. The van der Waals surface area contributed by atoms with Crippen LogP contribution in [0, 0.1) is 5.92 Å². The van der Waals surface area contributed by atoms with Gasteiger partial charge in [-0.1, -0.05) is 106 Å². The highest BCUT2D eigenvalue weighted by atomic mass is 14.2. The first-order chi connectivity index (χ1) is 11.7. The predicted octanol–water partition coefficient (Wildman–Crippen LogP) is 6.80. The van der Waals surface area contributed by atoms with Crippen molar-refractivity contribution < 1.29 is 0 Å². The van der Waals surface area contributed by atoms with Crippen molar-refractivity contribution >= 4 is 12.3 Å². The SMILES string of the molecule is C=C(c1ccccc1)C(CCB1CCC(C)CC1)c1ccccc1. The molecule has 0 aromatic heterocycles. The van der Waals surface area contributed by atoms with E-state index < -0.39 is 0 Å². The van der Waals surface area contributed by atoms with Crippen LogP contribution >= 0.6 is 0 Å². The molecule has 0 amide bonds. The molecule has 3 rings (SSSR count). The lowest BCUT2D eigenvalue weighted by Crippen LogP contribution is -2.20. The van der Waals surface area contributed by atoms with Gasteiger partial charge in [0.05, 0.1) is 0 Å². The summed E-state index contributed by atoms with van der Waals surface area (Å²) in [5, 5.41) is 0. The van der Waals surface area contributed by atoms with Gasteiger partial charge in [0.2, 0.25) is 0 Å². The maximum atomic E-state index is 4.48. The zero-order chi connectivity index (χ0) is 16.8. The van der Waals surface area contributed by atoms with Gasteiger partial charge in [-0.05, 0) is 29.0 Å². The van der Waals surface area contributed by atoms with E-state index in [0.717, 1.165) is 12.6 Å². The van der Waals surface area contributed by atoms with E-state index in [2.05, 4.69) is 74.2 Å². The molecule has 1 atom stereocenters. The Kier molecular flexibility index (Phi) is 5.96. The van der Waals surface area contributed by atoms with E-state index in [-0.39, 0.29) is 0 Å². The maximum Gasteiger partial charge on any atom is 0.139 e. The minimum absolute atomic E-state index is 0.438. The van der Waals surface area contributed by atoms with Crippen molar-refractivity contribution in [1.82, 2.24) is 0 Å². The quantitative estimate of drug-likeness (QED) is 0.514. The van der Waals surface area contributed by atoms with E-state index in [9.17, 15) is 0 Å². The van der Waals surface area contributed by atoms with Crippen molar-refractivity contribution in [2.24, 2.45) is 5.92 Å². The summed E-state index contributed by atoms with van der Waals surface area (Å²) < 4.78 is 0. The van der Waals surface area contributed by atoms with Crippen LogP contribution in [0.2, 0.25) is 19.0 Å². The maximum absolute atomic E-state index is 4.48. The fourth-order valence-electron chi connectivity index (χ4n) is 4.10. The van der Waals surface area contributed by atoms with E-state index >= 15 is 0 Å². The van der Waals surface area contributed by atoms with Crippen LogP contribution in [-0.2, 0) is 0 Å². The van der Waals surface area contributed by atoms with Gasteiger partial charge in [0.15, 0.2) is 0 Å². The lowest BCUT2D eigenvalue weighted by Gasteiger charge is -2.26. The van der Waals surface area contributed by atoms with Gasteiger partial charge >= 0.3 is 0 Å². The van der Waals surface area contributed by atoms with E-state index in [4.69, 9.17) is 0 Å². The van der Waals surface area contributed by atoms with Crippen molar-refractivity contribution in [3.05, 3.63) is 78.4 Å². The summed E-state index contributed by atoms with van der Waals surface area (Å²) in [4.78, 5) is 0. The Hall–Kier alpha value is -1.76. The Morgan fingerprint density at radius 3 is 2.21 bits per heavy atom. The molecule has 2 aromatic carbocycles. The topological polar surface area (TPSA) is 0 Å². The van der Waals surface area contributed by atoms with Gasteiger partial charge in [0, 0.05) is 5.92 Å². The molecule has 1 aliphatic heterocycles. The van der Waals surface area contributed by atoms with Crippen LogP contribution in [0.5, 0.6) is 0 Å². The Bertz CT molecular complexity index is 624. The first kappa shape index (κ1) is 17.1. The van der Waals surface area contributed by atoms with Crippen molar-refractivity contribution in [3.63, 3.8) is 0 Å². The molecule has 24 heavy (non-hydrogen) atoms. The largest absolute Gasteiger partial charge is 0.139 e. The predicted molar refractivity (Wildman–Crippen MR) is 108 cm³/mol. The highest BCUT2D eigenvalue weighted by Gasteiger charge is 2.24. The van der Waals surface area contributed by atoms with Crippen molar-refractivity contribution in [1.29, 1.82) is 0 Å². The van der Waals surface area contributed by atoms with Crippen LogP contribution in [0.4, 0.5) is 0 Å². The Balaban J connectivity index is 1.72. The van der Waals surface area contributed by atoms with E-state index in [0.29, 0.717) is 5.92 Å². The summed E-state index contributed by atoms with van der Waals surface area (Å²) in [6.45, 7) is 7.79. The lowest BCUT2D eigenvalue weighted by atomic mass is 9.38. The zero-order valence-corrected chi connectivity index (χ0v) is 15.0. The number of benzene rings is 2. The second-order valence-electron chi connectivity index (χ2n) is 7.56. The third kappa shape index (κ3) is 4.41. The van der Waals surface area contributed by atoms with Gasteiger partial charge in [-0.25, -0.2) is 0 Å². The highest BCUT2D eigenvalue weighted by molar-refractivity contribution is 6.59. The van der Waals surface area contributed by atoms with E-state index in [1.807, 2.05) is 0 Å². The minimum atomic E-state index is 0.438. The molecule has 1 aliphatic rings. The van der Waals surface area contributed by atoms with Gasteiger partial charge in [0.25, 0.3) is 0 Å². The molecular weight excluding hydrogens is 287 g/mol. The second kappa shape index (κ2) is 8.37. The fourth-order valence-corrected chi connectivity index (χ4v) is 4.10. The van der Waals surface area contributed by atoms with E-state index in [1.165, 1.54) is 54.9 Å². The molecule has 0 N–H and O–H groups in total. The highest BCUT2D eigenvalue weighted by Crippen LogP contribution is 2.37. The molecule has 0 spiro atoms. The summed E-state index contributed by atoms with van der Waals surface area (Å²) in [6.07, 6.45) is 8.22. The normalized spacial score (nSPS) is 16.8. The zero-order valence-electron chi connectivity index (χ0n) is 15.0. The molecule has 1 unspecified atom stereocenters. The first-order valence-electron chi connectivity index (χ1n) is 9.53. The number of hydrogen-bond acceptors (Lipinski definition) is 0. The van der Waals surface area contributed by atoms with Crippen LogP contribution in [0.1, 0.15) is 43.2 Å². The second-order valence-corrected chi connectivity index (χ2v) is 7.56. The molecule has 1 heterocycles. The van der Waals surface area contributed by atoms with Crippen molar-refractivity contribution in [3.8, 4) is 0 Å². The van der Waals surface area contributed by atoms with Gasteiger partial charge in [-0.15, -0.1) is 0 Å². The standard InChI is InChI=1S/C23H29B/c1-19-13-16-24(17-14-19)18-15-23(22-11-7-4-8-12-22)20(2)21-9-5-3-6-10-21/h3-12,19,23H,2,13-18H2,1H3. The summed E-state index contributed by atoms with van der Waals surface area (Å²) in [7, 11) is 0. The molecule has 0 bridgehead atoms. The van der Waals surface area contributed by atoms with Gasteiger partial charge in [0.1, 0.15) is 6.71 Å². The Morgan fingerprint density at radius 2 is 1.58 bits per heavy atom. The van der Waals surface area contributed by atoms with Crippen LogP contribution in [0.15, 0.2) is 67.2 Å². The van der Waals surface area contributed by atoms with Crippen LogP contribution in [0.3, 0.4) is 0 Å². The molecule has 2 aromatic rings. The Morgan fingerprint density at radius 1 is 1.00 bits per heavy atom. The average molecular weight is 316 g/mol. The molecule has 1 saturated heterocycles. The summed E-state index contributed by atoms with van der Waals surface area (Å²) in [5.74, 6) is 1.37. The van der Waals surface area contributed by atoms with Crippen molar-refractivity contribution in [2.45, 2.75) is 51.1 Å². The minimum Gasteiger partial charge on any atom is -0.0946 e. The van der Waals surface area contributed by atoms with Crippen LogP contribution in [-0.4, -0.2) is 6.71 Å². The first-order valence-corrected chi connectivity index (χ1v) is 9.53. The molecule has 1 fully saturated rings. The number of rotatable bonds is 6. The fraction of sp³-hybridized carbons (Fsp3) is 0.391. The third-order valence-corrected chi connectivity index (χ3v) is 5.77. The number of allylic oxidation sites excluding steroid dienone is 1. The van der Waals surface area contributed by atoms with Gasteiger partial charge < -0.3 is 0 Å². The van der Waals surface area contributed by atoms with Gasteiger partial charge in [-0.3, -0.25) is 0 Å². The smallest absolute Gasteiger partial charge is 0.0946 e. The summed E-state index contributed by atoms with van der Waals surface area (Å²) in [5.41, 5.74) is 3.96. The lowest BCUT2D eigenvalue weighted by molar-refractivity contribution is 0.515. The summed E-state index contributed by atoms with van der Waals surface area (Å²) in [6, 6.07) is 21.7. The van der Waals surface area contributed by atoms with Crippen molar-refractivity contribution in [2.75, 3.05) is 0 Å². The molecule has 1 heteroatoms. The molecule has 0 radical (unpaired) electrons. The monoisotopic (exact) mass is 316 g/mol. The van der Waals surface area contributed by atoms with Crippen LogP contribution < -0.4 is 0 Å². The number of hydrogen-bond donors (Lipinski definition) is 0. The molecule has 0 aliphatic carbocycles. The summed E-state index contributed by atoms with van der Waals surface area (Å²) >= 11 is 0. The molecule has 0 nitrogen and oxygen atoms in total. The van der Waals surface area contributed by atoms with Crippen LogP contribution in [0.25, 0.3) is 5.57 Å². The van der Waals surface area contributed by atoms with Gasteiger partial charge in [-0.2, -0.15) is 0 Å². The Labute approximate surface area is 148 Å². The van der Waals surface area contributed by atoms with E-state index in [1.54, 1.807) is 0 Å².